The Hall–Kier alpha value is -3.02. The van der Waals surface area contributed by atoms with Crippen LogP contribution in [0, 0.1) is 6.92 Å². The minimum atomic E-state index is -6.91. The molecule has 0 bridgehead atoms. The number of halogens is 10. The Balaban J connectivity index is 2.73. The van der Waals surface area contributed by atoms with Crippen LogP contribution in [0.15, 0.2) is 59.0 Å². The third kappa shape index (κ3) is 6.82. The van der Waals surface area contributed by atoms with Crippen LogP contribution in [0.5, 0.6) is 5.75 Å². The van der Waals surface area contributed by atoms with Gasteiger partial charge in [-0.15, -0.1) is 0 Å². The van der Waals surface area contributed by atoms with E-state index in [-0.39, 0.29) is 4.90 Å². The van der Waals surface area contributed by atoms with Crippen LogP contribution in [0.2, 0.25) is 0 Å². The molecule has 0 saturated carbocycles. The number of alkyl halides is 10. The standard InChI is InChI=1S/C22H18F10O6S2/c1-3-4-17(19(23,24)20(25,26)21(27,28)29)18(38-40(35,36)22(30,31)32)14-7-9-15(10-8-14)37-39(33,34)16-11-5-13(2)6-12-16/h5-12H,3-4H2,1-2H3/b18-17-. The zero-order chi connectivity index (χ0) is 30.9. The van der Waals surface area contributed by atoms with Gasteiger partial charge >= 0.3 is 43.8 Å². The van der Waals surface area contributed by atoms with E-state index >= 15 is 0 Å². The number of hydrogen-bond acceptors (Lipinski definition) is 6. The number of hydrogen-bond donors (Lipinski definition) is 0. The summed E-state index contributed by atoms with van der Waals surface area (Å²) in [6, 6.07) is 7.15. The fraction of sp³-hybridized carbons (Fsp3) is 0.364. The molecule has 0 atom stereocenters. The van der Waals surface area contributed by atoms with Gasteiger partial charge in [-0.2, -0.15) is 60.7 Å². The van der Waals surface area contributed by atoms with Crippen molar-refractivity contribution in [1.29, 1.82) is 0 Å². The lowest BCUT2D eigenvalue weighted by molar-refractivity contribution is -0.344. The molecular formula is C22H18F10O6S2. The molecule has 0 saturated heterocycles. The number of benzene rings is 2. The molecule has 224 valence electrons. The molecule has 2 aromatic carbocycles. The minimum Gasteiger partial charge on any atom is -0.379 e. The van der Waals surface area contributed by atoms with Crippen molar-refractivity contribution in [2.45, 2.75) is 55.1 Å². The highest BCUT2D eigenvalue weighted by Crippen LogP contribution is 2.52. The van der Waals surface area contributed by atoms with Crippen LogP contribution in [0.4, 0.5) is 43.9 Å². The predicted octanol–water partition coefficient (Wildman–Crippen LogP) is 6.97. The van der Waals surface area contributed by atoms with E-state index in [2.05, 4.69) is 4.18 Å². The van der Waals surface area contributed by atoms with Crippen molar-refractivity contribution < 1.29 is 69.1 Å². The summed E-state index contributed by atoms with van der Waals surface area (Å²) in [6.45, 7) is 2.62. The summed E-state index contributed by atoms with van der Waals surface area (Å²) >= 11 is 0. The SMILES string of the molecule is CCC/C(=C(/OS(=O)(=O)C(F)(F)F)c1ccc(OS(=O)(=O)c2ccc(C)cc2)cc1)C(F)(F)C(F)(F)C(F)(F)F. The summed E-state index contributed by atoms with van der Waals surface area (Å²) < 4.78 is 191. The first-order valence-corrected chi connectivity index (χ1v) is 13.5. The minimum absolute atomic E-state index is 0.360. The molecule has 0 fully saturated rings. The Morgan fingerprint density at radius 1 is 0.775 bits per heavy atom. The van der Waals surface area contributed by atoms with E-state index in [0.717, 1.165) is 19.1 Å². The molecule has 2 rings (SSSR count). The first-order valence-electron chi connectivity index (χ1n) is 10.7. The Morgan fingerprint density at radius 2 is 1.27 bits per heavy atom. The maximum Gasteiger partial charge on any atom is 0.534 e. The van der Waals surface area contributed by atoms with Crippen LogP contribution < -0.4 is 4.18 Å². The molecular weight excluding hydrogens is 614 g/mol. The van der Waals surface area contributed by atoms with E-state index < -0.39 is 79.3 Å². The van der Waals surface area contributed by atoms with Gasteiger partial charge in [0.2, 0.25) is 0 Å². The first-order chi connectivity index (χ1) is 18.0. The van der Waals surface area contributed by atoms with E-state index in [0.29, 0.717) is 29.8 Å². The molecule has 0 aliphatic carbocycles. The average Bonchev–Trinajstić information content (AvgIpc) is 2.80. The van der Waals surface area contributed by atoms with Crippen molar-refractivity contribution in [2.24, 2.45) is 0 Å². The van der Waals surface area contributed by atoms with Gasteiger partial charge in [-0.25, -0.2) is 0 Å². The van der Waals surface area contributed by atoms with E-state index in [9.17, 15) is 60.7 Å². The number of allylic oxidation sites excluding steroid dienone is 1. The van der Waals surface area contributed by atoms with Gasteiger partial charge in [0.15, 0.2) is 5.76 Å². The zero-order valence-corrected chi connectivity index (χ0v) is 21.7. The second kappa shape index (κ2) is 11.1. The third-order valence-electron chi connectivity index (χ3n) is 5.01. The van der Waals surface area contributed by atoms with Gasteiger partial charge in [-0.05, 0) is 49.7 Å². The normalized spacial score (nSPS) is 14.5. The highest BCUT2D eigenvalue weighted by molar-refractivity contribution is 7.87. The lowest BCUT2D eigenvalue weighted by atomic mass is 9.94. The summed E-state index contributed by atoms with van der Waals surface area (Å²) in [6.07, 6.45) is -9.05. The fourth-order valence-electron chi connectivity index (χ4n) is 3.00. The topological polar surface area (TPSA) is 86.7 Å². The quantitative estimate of drug-likeness (QED) is 0.122. The molecule has 2 aromatic rings. The second-order valence-electron chi connectivity index (χ2n) is 8.06. The van der Waals surface area contributed by atoms with Gasteiger partial charge in [-0.1, -0.05) is 31.0 Å². The average molecular weight is 632 g/mol. The van der Waals surface area contributed by atoms with Gasteiger partial charge in [0.25, 0.3) is 0 Å². The Bertz CT molecular complexity index is 1440. The van der Waals surface area contributed by atoms with Crippen molar-refractivity contribution in [2.75, 3.05) is 0 Å². The lowest BCUT2D eigenvalue weighted by Gasteiger charge is -2.31. The monoisotopic (exact) mass is 632 g/mol. The van der Waals surface area contributed by atoms with Crippen LogP contribution in [0.1, 0.15) is 30.9 Å². The summed E-state index contributed by atoms with van der Waals surface area (Å²) in [4.78, 5) is -0.360. The van der Waals surface area contributed by atoms with Crippen LogP contribution in [-0.4, -0.2) is 40.4 Å². The molecule has 0 spiro atoms. The Labute approximate surface area is 221 Å². The Kier molecular flexibility index (Phi) is 9.21. The molecule has 0 unspecified atom stereocenters. The molecule has 0 radical (unpaired) electrons. The summed E-state index contributed by atoms with van der Waals surface area (Å²) in [5, 5.41) is 0. The maximum absolute atomic E-state index is 14.7. The maximum atomic E-state index is 14.7. The molecule has 18 heteroatoms. The highest BCUT2D eigenvalue weighted by atomic mass is 32.2. The predicted molar refractivity (Wildman–Crippen MR) is 119 cm³/mol. The van der Waals surface area contributed by atoms with Crippen molar-refractivity contribution in [1.82, 2.24) is 0 Å². The lowest BCUT2D eigenvalue weighted by Crippen LogP contribution is -2.53. The van der Waals surface area contributed by atoms with Gasteiger partial charge in [0.05, 0.1) is 0 Å². The summed E-state index contributed by atoms with van der Waals surface area (Å²) in [5.74, 6) is -15.9. The summed E-state index contributed by atoms with van der Waals surface area (Å²) in [7, 11) is -11.4. The van der Waals surface area contributed by atoms with Gasteiger partial charge in [-0.3, -0.25) is 0 Å². The summed E-state index contributed by atoms with van der Waals surface area (Å²) in [5.41, 5.74) is -9.19. The number of aryl methyl sites for hydroxylation is 1. The van der Waals surface area contributed by atoms with Crippen LogP contribution in [0.3, 0.4) is 0 Å². The Morgan fingerprint density at radius 3 is 1.70 bits per heavy atom. The van der Waals surface area contributed by atoms with E-state index in [4.69, 9.17) is 4.18 Å². The molecule has 40 heavy (non-hydrogen) atoms. The van der Waals surface area contributed by atoms with Crippen molar-refractivity contribution in [3.63, 3.8) is 0 Å². The van der Waals surface area contributed by atoms with Gasteiger partial charge < -0.3 is 8.37 Å². The van der Waals surface area contributed by atoms with Crippen molar-refractivity contribution >= 4 is 26.0 Å². The van der Waals surface area contributed by atoms with E-state index in [1.54, 1.807) is 6.92 Å². The van der Waals surface area contributed by atoms with Crippen LogP contribution in [0.25, 0.3) is 5.76 Å². The van der Waals surface area contributed by atoms with E-state index in [1.807, 2.05) is 0 Å². The molecule has 0 aliphatic heterocycles. The van der Waals surface area contributed by atoms with E-state index in [1.165, 1.54) is 12.1 Å². The molecule has 0 aromatic heterocycles. The molecule has 0 aliphatic rings. The second-order valence-corrected chi connectivity index (χ2v) is 11.1. The molecule has 0 N–H and O–H groups in total. The fourth-order valence-corrected chi connectivity index (χ4v) is 4.44. The largest absolute Gasteiger partial charge is 0.534 e. The first kappa shape index (κ1) is 33.2. The van der Waals surface area contributed by atoms with Crippen LogP contribution >= 0.6 is 0 Å². The number of rotatable bonds is 10. The van der Waals surface area contributed by atoms with Crippen LogP contribution in [-0.2, 0) is 24.4 Å². The molecule has 0 amide bonds. The zero-order valence-electron chi connectivity index (χ0n) is 20.1. The highest BCUT2D eigenvalue weighted by Gasteiger charge is 2.74. The molecule has 6 nitrogen and oxygen atoms in total. The van der Waals surface area contributed by atoms with Crippen molar-refractivity contribution in [3.8, 4) is 5.75 Å². The smallest absolute Gasteiger partial charge is 0.379 e. The molecule has 0 heterocycles. The van der Waals surface area contributed by atoms with Gasteiger partial charge in [0, 0.05) is 11.1 Å². The van der Waals surface area contributed by atoms with Gasteiger partial charge in [0.1, 0.15) is 10.6 Å². The third-order valence-corrected chi connectivity index (χ3v) is 7.23. The van der Waals surface area contributed by atoms with Crippen molar-refractivity contribution in [3.05, 3.63) is 65.2 Å².